The first-order chi connectivity index (χ1) is 21.5. The summed E-state index contributed by atoms with van der Waals surface area (Å²) in [6.45, 7) is 2.27. The number of nitrogens with zero attached hydrogens (tertiary/aromatic N) is 1. The summed E-state index contributed by atoms with van der Waals surface area (Å²) in [5, 5.41) is 29.0. The number of nitrogens with two attached hydrogens (primary N) is 2. The molecule has 1 aliphatic heterocycles. The fourth-order valence-corrected chi connectivity index (χ4v) is 4.82. The lowest BCUT2D eigenvalue weighted by molar-refractivity contribution is -0.139. The molecule has 0 saturated carbocycles. The van der Waals surface area contributed by atoms with Gasteiger partial charge in [0, 0.05) is 37.7 Å². The Balaban J connectivity index is 2.28. The predicted octanol–water partition coefficient (Wildman–Crippen LogP) is -2.58. The molecule has 15 nitrogen and oxygen atoms in total. The molecule has 45 heavy (non-hydrogen) atoms. The molecule has 0 spiro atoms. The minimum atomic E-state index is -1.80. The Labute approximate surface area is 262 Å². The summed E-state index contributed by atoms with van der Waals surface area (Å²) in [6, 6.07) is 6.85. The van der Waals surface area contributed by atoms with E-state index in [0.717, 1.165) is 0 Å². The van der Waals surface area contributed by atoms with E-state index in [2.05, 4.69) is 21.3 Å². The van der Waals surface area contributed by atoms with E-state index >= 15 is 0 Å². The van der Waals surface area contributed by atoms with Crippen molar-refractivity contribution >= 4 is 30.7 Å². The molecular formula is C29H42BN7O8. The number of ether oxygens (including phenoxy) is 2. The van der Waals surface area contributed by atoms with Crippen LogP contribution >= 0.6 is 0 Å². The van der Waals surface area contributed by atoms with E-state index in [4.69, 9.17) is 20.9 Å². The third-order valence-electron chi connectivity index (χ3n) is 7.05. The van der Waals surface area contributed by atoms with E-state index < -0.39 is 49.4 Å². The van der Waals surface area contributed by atoms with Crippen LogP contribution in [0, 0.1) is 0 Å². The Morgan fingerprint density at radius 3 is 2.22 bits per heavy atom. The van der Waals surface area contributed by atoms with Crippen molar-refractivity contribution in [2.45, 2.75) is 31.5 Å². The maximum atomic E-state index is 13.8. The van der Waals surface area contributed by atoms with E-state index in [1.807, 2.05) is 0 Å². The molecule has 0 fully saturated rings. The van der Waals surface area contributed by atoms with Crippen LogP contribution in [0.15, 0.2) is 36.4 Å². The maximum absolute atomic E-state index is 13.8. The monoisotopic (exact) mass is 627 g/mol. The summed E-state index contributed by atoms with van der Waals surface area (Å²) in [7, 11) is 1.30. The molecule has 0 aliphatic carbocycles. The van der Waals surface area contributed by atoms with Crippen LogP contribution in [0.4, 0.5) is 0 Å². The highest BCUT2D eigenvalue weighted by molar-refractivity contribution is 6.41. The first-order valence-corrected chi connectivity index (χ1v) is 14.6. The Bertz CT molecular complexity index is 1360. The molecule has 2 aromatic carbocycles. The Kier molecular flexibility index (Phi) is 13.1. The molecule has 1 heterocycles. The lowest BCUT2D eigenvalue weighted by Gasteiger charge is -2.30. The van der Waals surface area contributed by atoms with E-state index in [9.17, 15) is 29.2 Å². The average Bonchev–Trinajstić information content (AvgIpc) is 3.01. The fraction of sp³-hybridized carbons (Fsp3) is 0.448. The number of fused-ring (bicyclic) bond motifs is 5. The van der Waals surface area contributed by atoms with Gasteiger partial charge in [-0.1, -0.05) is 12.1 Å². The molecule has 2 aromatic rings. The van der Waals surface area contributed by atoms with Gasteiger partial charge in [-0.05, 0) is 49.4 Å². The minimum absolute atomic E-state index is 0.00644. The van der Waals surface area contributed by atoms with Gasteiger partial charge >= 0.3 is 7.12 Å². The smallest absolute Gasteiger partial charge is 0.472 e. The van der Waals surface area contributed by atoms with E-state index in [1.165, 1.54) is 18.9 Å². The molecule has 4 amide bonds. The van der Waals surface area contributed by atoms with Crippen molar-refractivity contribution in [2.75, 3.05) is 53.4 Å². The van der Waals surface area contributed by atoms with Crippen molar-refractivity contribution in [3.63, 3.8) is 0 Å². The zero-order chi connectivity index (χ0) is 33.1. The van der Waals surface area contributed by atoms with E-state index in [0.29, 0.717) is 33.8 Å². The lowest BCUT2D eigenvalue weighted by Crippen LogP contribution is -2.55. The number of nitrogens with one attached hydrogen (secondary N) is 4. The predicted molar refractivity (Wildman–Crippen MR) is 167 cm³/mol. The van der Waals surface area contributed by atoms with Gasteiger partial charge in [-0.2, -0.15) is 0 Å². The molecule has 244 valence electrons. The average molecular weight is 628 g/mol. The van der Waals surface area contributed by atoms with E-state index in [1.54, 1.807) is 43.4 Å². The van der Waals surface area contributed by atoms with Gasteiger partial charge in [-0.15, -0.1) is 0 Å². The molecule has 3 atom stereocenters. The number of carbonyl (C=O) groups excluding carboxylic acids is 4. The number of rotatable bonds is 12. The molecule has 16 heteroatoms. The van der Waals surface area contributed by atoms with Gasteiger partial charge in [-0.25, -0.2) is 0 Å². The summed E-state index contributed by atoms with van der Waals surface area (Å²) in [6.07, 6.45) is -0.454. The Morgan fingerprint density at radius 2 is 1.62 bits per heavy atom. The standard InChI is InChI=1S/C29H42BN7O8/c1-17-27(39)36-22(28(40)34-16-30(42)43)13-18-4-6-23(44-10-8-31)20(12-18)21-14-19(5-7-24(21)45-11-9-32)26(29(41)35-17)37(3)25(38)15-33-2/h4-7,12,14,17,22,26,33,42-43H,8-11,13,15-16,31-32H2,1-3H3,(H,34,40)(H,35,41)(H,36,39)/t17-,22?,26?/m0/s1. The molecule has 3 rings (SSSR count). The van der Waals surface area contributed by atoms with Crippen molar-refractivity contribution in [1.29, 1.82) is 0 Å². The van der Waals surface area contributed by atoms with Crippen LogP contribution in [0.3, 0.4) is 0 Å². The summed E-state index contributed by atoms with van der Waals surface area (Å²) in [5.41, 5.74) is 13.6. The third-order valence-corrected chi connectivity index (χ3v) is 7.05. The van der Waals surface area contributed by atoms with Gasteiger partial charge in [0.1, 0.15) is 42.8 Å². The zero-order valence-electron chi connectivity index (χ0n) is 25.7. The summed E-state index contributed by atoms with van der Waals surface area (Å²) in [5.74, 6) is -1.48. The molecule has 10 N–H and O–H groups in total. The highest BCUT2D eigenvalue weighted by Crippen LogP contribution is 2.40. The van der Waals surface area contributed by atoms with Crippen molar-refractivity contribution < 1.29 is 38.7 Å². The van der Waals surface area contributed by atoms with E-state index in [-0.39, 0.29) is 45.2 Å². The van der Waals surface area contributed by atoms with Gasteiger partial charge in [-0.3, -0.25) is 19.2 Å². The second-order valence-electron chi connectivity index (χ2n) is 10.5. The first-order valence-electron chi connectivity index (χ1n) is 14.6. The molecule has 0 radical (unpaired) electrons. The van der Waals surface area contributed by atoms with Crippen LogP contribution in [-0.2, 0) is 25.6 Å². The Hall–Kier alpha value is -4.22. The number of hydrogen-bond donors (Lipinski definition) is 8. The Morgan fingerprint density at radius 1 is 1.00 bits per heavy atom. The van der Waals surface area contributed by atoms with Crippen LogP contribution in [-0.4, -0.2) is 111 Å². The second kappa shape index (κ2) is 16.7. The number of likely N-dealkylation sites (N-methyl/N-ethyl adjacent to an activating group) is 2. The van der Waals surface area contributed by atoms with Crippen LogP contribution < -0.4 is 42.2 Å². The lowest BCUT2D eigenvalue weighted by atomic mass is 9.91. The van der Waals surface area contributed by atoms with Gasteiger partial charge in [0.15, 0.2) is 0 Å². The molecule has 2 unspecified atom stereocenters. The number of amides is 4. The highest BCUT2D eigenvalue weighted by atomic mass is 16.5. The van der Waals surface area contributed by atoms with Crippen molar-refractivity contribution in [2.24, 2.45) is 11.5 Å². The second-order valence-corrected chi connectivity index (χ2v) is 10.5. The summed E-state index contributed by atoms with van der Waals surface area (Å²) < 4.78 is 11.9. The van der Waals surface area contributed by atoms with Crippen LogP contribution in [0.25, 0.3) is 11.1 Å². The fourth-order valence-electron chi connectivity index (χ4n) is 4.82. The number of benzene rings is 2. The van der Waals surface area contributed by atoms with Gasteiger partial charge in [0.05, 0.1) is 13.0 Å². The zero-order valence-corrected chi connectivity index (χ0v) is 25.7. The van der Waals surface area contributed by atoms with Crippen LogP contribution in [0.2, 0.25) is 0 Å². The van der Waals surface area contributed by atoms with Crippen LogP contribution in [0.1, 0.15) is 24.1 Å². The minimum Gasteiger partial charge on any atom is -0.492 e. The molecule has 1 aliphatic rings. The van der Waals surface area contributed by atoms with Crippen LogP contribution in [0.5, 0.6) is 11.5 Å². The van der Waals surface area contributed by atoms with Gasteiger partial charge in [0.2, 0.25) is 23.6 Å². The third kappa shape index (κ3) is 9.39. The highest BCUT2D eigenvalue weighted by Gasteiger charge is 2.33. The number of hydrogen-bond acceptors (Lipinski definition) is 11. The van der Waals surface area contributed by atoms with Gasteiger partial charge < -0.3 is 57.2 Å². The summed E-state index contributed by atoms with van der Waals surface area (Å²) in [4.78, 5) is 54.5. The SMILES string of the molecule is CNCC(=O)N(C)C1C(=O)N[C@@H](C)C(=O)NC(C(=O)NCB(O)O)Cc2ccc(OCCN)c(c2)-c2cc1ccc2OCCN. The first kappa shape index (κ1) is 35.3. The van der Waals surface area contributed by atoms with Crippen molar-refractivity contribution in [3.05, 3.63) is 47.5 Å². The number of carbonyl (C=O) groups is 4. The largest absolute Gasteiger partial charge is 0.492 e. The molecular weight excluding hydrogens is 585 g/mol. The molecule has 0 saturated heterocycles. The quantitative estimate of drug-likeness (QED) is 0.114. The maximum Gasteiger partial charge on any atom is 0.472 e. The molecule has 0 aromatic heterocycles. The normalized spacial score (nSPS) is 18.2. The van der Waals surface area contributed by atoms with Crippen molar-refractivity contribution in [3.8, 4) is 22.6 Å². The summed E-state index contributed by atoms with van der Waals surface area (Å²) >= 11 is 0. The van der Waals surface area contributed by atoms with Gasteiger partial charge in [0.25, 0.3) is 0 Å². The van der Waals surface area contributed by atoms with Crippen molar-refractivity contribution in [1.82, 2.24) is 26.2 Å². The topological polar surface area (TPSA) is 231 Å². The molecule has 4 bridgehead atoms.